The van der Waals surface area contributed by atoms with Crippen LogP contribution in [0.5, 0.6) is 0 Å². The van der Waals surface area contributed by atoms with Crippen molar-refractivity contribution in [1.82, 2.24) is 6.15 Å². The molecule has 7 rings (SSSR count). The van der Waals surface area contributed by atoms with Crippen LogP contribution in [0, 0.1) is 10.8 Å². The molecule has 2 unspecified atom stereocenters. The third-order valence-electron chi connectivity index (χ3n) is 10.6. The summed E-state index contributed by atoms with van der Waals surface area (Å²) >= 11 is 0. The minimum atomic E-state index is -1.05. The lowest BCUT2D eigenvalue weighted by Gasteiger charge is -2.31. The van der Waals surface area contributed by atoms with Gasteiger partial charge in [-0.15, -0.1) is 13.2 Å². The Morgan fingerprint density at radius 3 is 1.90 bits per heavy atom. The second kappa shape index (κ2) is 20.7. The van der Waals surface area contributed by atoms with Crippen LogP contribution in [0.2, 0.25) is 0 Å². The number of anilines is 1. The van der Waals surface area contributed by atoms with Gasteiger partial charge in [-0.25, -0.2) is 8.78 Å². The Kier molecular flexibility index (Phi) is 17.5. The molecule has 1 heterocycles. The quantitative estimate of drug-likeness (QED) is 0.255. The van der Waals surface area contributed by atoms with Crippen LogP contribution in [0.1, 0.15) is 104 Å². The molecule has 4 aliphatic carbocycles. The first-order valence-electron chi connectivity index (χ1n) is 19.0. The van der Waals surface area contributed by atoms with Gasteiger partial charge in [0.05, 0.1) is 5.70 Å². The molecule has 0 amide bonds. The molecule has 52 heavy (non-hydrogen) atoms. The Bertz CT molecular complexity index is 1730. The van der Waals surface area contributed by atoms with Gasteiger partial charge in [-0.2, -0.15) is 0 Å². The molecule has 2 nitrogen and oxygen atoms in total. The topological polar surface area (TPSA) is 38.2 Å². The van der Waals surface area contributed by atoms with Crippen LogP contribution in [-0.2, 0) is 19.3 Å². The number of halogens is 2. The molecule has 2 aromatic rings. The number of nitrogens with zero attached hydrogens (tertiary/aromatic N) is 1. The summed E-state index contributed by atoms with van der Waals surface area (Å²) < 4.78 is 29.1. The van der Waals surface area contributed by atoms with Crippen LogP contribution in [0.15, 0.2) is 157 Å². The van der Waals surface area contributed by atoms with E-state index in [4.69, 9.17) is 0 Å². The highest BCUT2D eigenvalue weighted by molar-refractivity contribution is 5.71. The van der Waals surface area contributed by atoms with Gasteiger partial charge in [0.2, 0.25) is 0 Å². The molecule has 1 aliphatic heterocycles. The summed E-state index contributed by atoms with van der Waals surface area (Å²) in [4.78, 5) is 1.88. The molecule has 0 saturated heterocycles. The van der Waals surface area contributed by atoms with E-state index in [-0.39, 0.29) is 11.8 Å². The Labute approximate surface area is 315 Å². The summed E-state index contributed by atoms with van der Waals surface area (Å²) in [7, 11) is 0. The largest absolute Gasteiger partial charge is 0.344 e. The number of para-hydroxylation sites is 1. The van der Waals surface area contributed by atoms with Gasteiger partial charge in [-0.3, -0.25) is 0 Å². The molecule has 0 spiro atoms. The monoisotopic (exact) mass is 707 g/mol. The molecule has 2 aromatic carbocycles. The van der Waals surface area contributed by atoms with E-state index in [1.54, 1.807) is 11.1 Å². The van der Waals surface area contributed by atoms with Gasteiger partial charge in [0.1, 0.15) is 0 Å². The predicted molar refractivity (Wildman–Crippen MR) is 224 cm³/mol. The number of allylic oxidation sites excluding steroid dienone is 13. The van der Waals surface area contributed by atoms with Crippen molar-refractivity contribution < 1.29 is 8.78 Å². The second-order valence-corrected chi connectivity index (χ2v) is 13.5. The van der Waals surface area contributed by atoms with Crippen LogP contribution in [0.4, 0.5) is 14.5 Å². The lowest BCUT2D eigenvalue weighted by molar-refractivity contribution is 0.412. The highest BCUT2D eigenvalue weighted by atomic mass is 19.2. The molecule has 2 atom stereocenters. The van der Waals surface area contributed by atoms with Gasteiger partial charge in [-0.05, 0) is 129 Å². The van der Waals surface area contributed by atoms with E-state index in [1.165, 1.54) is 44.1 Å². The summed E-state index contributed by atoms with van der Waals surface area (Å²) in [6.07, 6.45) is 28.1. The van der Waals surface area contributed by atoms with Gasteiger partial charge < -0.3 is 11.1 Å². The minimum Gasteiger partial charge on any atom is -0.344 e. The number of aryl methyl sites for hydroxylation is 3. The van der Waals surface area contributed by atoms with E-state index in [0.29, 0.717) is 16.4 Å². The first-order chi connectivity index (χ1) is 24.8. The zero-order valence-corrected chi connectivity index (χ0v) is 33.1. The summed E-state index contributed by atoms with van der Waals surface area (Å²) in [6, 6.07) is 17.0. The molecule has 3 N–H and O–H groups in total. The number of rotatable bonds is 3. The Hall–Kier alpha value is -4.28. The van der Waals surface area contributed by atoms with Crippen molar-refractivity contribution in [2.24, 2.45) is 10.8 Å². The molecular formula is C48H64F2N2. The number of hydrogen-bond acceptors (Lipinski definition) is 2. The molecule has 0 bridgehead atoms. The van der Waals surface area contributed by atoms with E-state index in [9.17, 15) is 4.39 Å². The maximum Gasteiger partial charge on any atom is 0.182 e. The van der Waals surface area contributed by atoms with Crippen molar-refractivity contribution >= 4 is 5.69 Å². The van der Waals surface area contributed by atoms with Crippen molar-refractivity contribution in [2.75, 3.05) is 4.90 Å². The summed E-state index contributed by atoms with van der Waals surface area (Å²) in [5.41, 5.74) is 10.2. The van der Waals surface area contributed by atoms with Gasteiger partial charge >= 0.3 is 0 Å². The zero-order chi connectivity index (χ0) is 37.6. The molecule has 1 saturated carbocycles. The maximum atomic E-state index is 15.1. The molecule has 0 aromatic heterocycles. The van der Waals surface area contributed by atoms with Crippen molar-refractivity contribution in [3.8, 4) is 0 Å². The maximum absolute atomic E-state index is 15.1. The van der Waals surface area contributed by atoms with E-state index < -0.39 is 11.7 Å². The van der Waals surface area contributed by atoms with Crippen molar-refractivity contribution in [1.29, 1.82) is 0 Å². The lowest BCUT2D eigenvalue weighted by Crippen LogP contribution is -2.24. The number of fused-ring (bicyclic) bond motifs is 2. The molecular weight excluding hydrogens is 643 g/mol. The number of benzene rings is 2. The third kappa shape index (κ3) is 9.58. The fourth-order valence-corrected chi connectivity index (χ4v) is 7.80. The van der Waals surface area contributed by atoms with E-state index in [0.717, 1.165) is 41.8 Å². The first-order valence-corrected chi connectivity index (χ1v) is 19.0. The van der Waals surface area contributed by atoms with Crippen LogP contribution in [0.3, 0.4) is 0 Å². The zero-order valence-electron chi connectivity index (χ0n) is 33.1. The molecule has 4 heteroatoms. The predicted octanol–water partition coefficient (Wildman–Crippen LogP) is 14.7. The van der Waals surface area contributed by atoms with Gasteiger partial charge in [0, 0.05) is 11.4 Å². The van der Waals surface area contributed by atoms with Gasteiger partial charge in [-0.1, -0.05) is 125 Å². The Balaban J connectivity index is 0.000000325. The second-order valence-electron chi connectivity index (χ2n) is 13.5. The Morgan fingerprint density at radius 1 is 0.712 bits per heavy atom. The molecule has 280 valence electrons. The van der Waals surface area contributed by atoms with Gasteiger partial charge in [0.25, 0.3) is 0 Å². The smallest absolute Gasteiger partial charge is 0.182 e. The molecule has 0 radical (unpaired) electrons. The average molecular weight is 707 g/mol. The van der Waals surface area contributed by atoms with Crippen LogP contribution < -0.4 is 11.1 Å². The number of hydrogen-bond donors (Lipinski definition) is 1. The third-order valence-corrected chi connectivity index (χ3v) is 10.6. The summed E-state index contributed by atoms with van der Waals surface area (Å²) in [5.74, 6) is -1.96. The SMILES string of the molecule is C1=CC23CCCc4ccccc4CCC2(C=C1)C3.C=C.C=C(F)/C(F)=C(\C(C)=C(C)C)N1C2=C(CC=CC=C2)CCc2ccccc21.CC.CC.N. The van der Waals surface area contributed by atoms with Crippen LogP contribution in [0.25, 0.3) is 0 Å². The van der Waals surface area contributed by atoms with Crippen LogP contribution in [-0.4, -0.2) is 0 Å². The normalized spacial score (nSPS) is 21.8. The highest BCUT2D eigenvalue weighted by Gasteiger charge is 2.63. The highest BCUT2D eigenvalue weighted by Crippen LogP contribution is 2.71. The standard InChI is InChI=1S/C24H25F2N.C18H20.2C2H6.C2H4.H3N/c1-16(2)17(3)24(23(26)18(4)25)27-21-12-7-5-6-10-19(21)14-15-20-11-8-9-13-22(20)27;1-2-7-16-9-13-18-11-4-3-10-17(18,14-18)12-5-8-15(16)6-1;3*1-2;/h5-9,11-13H,4,10,14-15H2,1-3H3;1-4,6-7,10-11H,5,8-9,12-14H2;2*1-2H3;1-2H2;1H3/b24-23-;;;;;. The average Bonchev–Trinajstić information content (AvgIpc) is 3.91. The Morgan fingerprint density at radius 2 is 1.29 bits per heavy atom. The first kappa shape index (κ1) is 43.9. The van der Waals surface area contributed by atoms with E-state index in [2.05, 4.69) is 80.4 Å². The minimum absolute atomic E-state index is 0. The van der Waals surface area contributed by atoms with Crippen molar-refractivity contribution in [2.45, 2.75) is 106 Å². The summed E-state index contributed by atoms with van der Waals surface area (Å²) in [6.45, 7) is 22.9. The fraction of sp³-hybridized carbons (Fsp3) is 0.375. The van der Waals surface area contributed by atoms with Crippen molar-refractivity contribution in [3.63, 3.8) is 0 Å². The molecule has 1 fully saturated rings. The van der Waals surface area contributed by atoms with E-state index >= 15 is 4.39 Å². The van der Waals surface area contributed by atoms with Crippen molar-refractivity contribution in [3.05, 3.63) is 173 Å². The summed E-state index contributed by atoms with van der Waals surface area (Å²) in [5, 5.41) is 0. The van der Waals surface area contributed by atoms with Gasteiger partial charge in [0.15, 0.2) is 11.7 Å². The molecule has 5 aliphatic rings. The van der Waals surface area contributed by atoms with E-state index in [1.807, 2.05) is 89.8 Å². The lowest BCUT2D eigenvalue weighted by atomic mass is 9.82. The fourth-order valence-electron chi connectivity index (χ4n) is 7.80. The van der Waals surface area contributed by atoms with Crippen LogP contribution >= 0.6 is 0 Å².